The van der Waals surface area contributed by atoms with Crippen molar-refractivity contribution in [1.29, 1.82) is 0 Å². The van der Waals surface area contributed by atoms with Crippen molar-refractivity contribution in [2.45, 2.75) is 39.5 Å². The highest BCUT2D eigenvalue weighted by molar-refractivity contribution is 5.94. The number of benzene rings is 1. The van der Waals surface area contributed by atoms with Gasteiger partial charge in [-0.25, -0.2) is 0 Å². The number of rotatable bonds is 0. The molecule has 16 heavy (non-hydrogen) atoms. The van der Waals surface area contributed by atoms with Crippen molar-refractivity contribution in [1.82, 2.24) is 0 Å². The first-order chi connectivity index (χ1) is 7.41. The third kappa shape index (κ3) is 1.73. The number of anilines is 1. The summed E-state index contributed by atoms with van der Waals surface area (Å²) in [6, 6.07) is 6.29. The molecule has 2 nitrogen and oxygen atoms in total. The lowest BCUT2D eigenvalue weighted by molar-refractivity contribution is -0.116. The summed E-state index contributed by atoms with van der Waals surface area (Å²) in [5.74, 6) is 0.143. The standard InChI is InChI=1S/C14H19NO/c1-10(16)15-9-8-11-12(14(2,3)4)6-5-7-13(11)15/h5-7H,8-9H2,1-4H3. The number of carbonyl (C=O) groups is 1. The second-order valence-electron chi connectivity index (χ2n) is 5.47. The zero-order chi connectivity index (χ0) is 11.9. The minimum absolute atomic E-state index is 0.143. The molecule has 0 bridgehead atoms. The molecule has 0 saturated carbocycles. The van der Waals surface area contributed by atoms with Crippen LogP contribution in [0.3, 0.4) is 0 Å². The zero-order valence-corrected chi connectivity index (χ0v) is 10.5. The first-order valence-corrected chi connectivity index (χ1v) is 5.82. The van der Waals surface area contributed by atoms with Gasteiger partial charge in [-0.3, -0.25) is 4.79 Å². The number of amides is 1. The molecule has 0 aliphatic carbocycles. The van der Waals surface area contributed by atoms with E-state index in [2.05, 4.69) is 39.0 Å². The first kappa shape index (κ1) is 11.2. The molecule has 0 saturated heterocycles. The zero-order valence-electron chi connectivity index (χ0n) is 10.5. The van der Waals surface area contributed by atoms with Gasteiger partial charge in [0.1, 0.15) is 0 Å². The van der Waals surface area contributed by atoms with Crippen molar-refractivity contribution in [3.63, 3.8) is 0 Å². The maximum Gasteiger partial charge on any atom is 0.223 e. The number of carbonyl (C=O) groups excluding carboxylic acids is 1. The Hall–Kier alpha value is -1.31. The topological polar surface area (TPSA) is 20.3 Å². The molecule has 1 aliphatic rings. The van der Waals surface area contributed by atoms with Crippen LogP contribution in [-0.4, -0.2) is 12.5 Å². The smallest absolute Gasteiger partial charge is 0.223 e. The summed E-state index contributed by atoms with van der Waals surface area (Å²) in [6.45, 7) is 9.13. The van der Waals surface area contributed by atoms with Crippen LogP contribution < -0.4 is 4.90 Å². The van der Waals surface area contributed by atoms with Gasteiger partial charge < -0.3 is 4.90 Å². The number of fused-ring (bicyclic) bond motifs is 1. The minimum Gasteiger partial charge on any atom is -0.312 e. The van der Waals surface area contributed by atoms with Gasteiger partial charge in [0.15, 0.2) is 0 Å². The van der Waals surface area contributed by atoms with E-state index in [-0.39, 0.29) is 11.3 Å². The summed E-state index contributed by atoms with van der Waals surface area (Å²) in [6.07, 6.45) is 0.988. The number of hydrogen-bond acceptors (Lipinski definition) is 1. The van der Waals surface area contributed by atoms with Gasteiger partial charge in [-0.15, -0.1) is 0 Å². The lowest BCUT2D eigenvalue weighted by Crippen LogP contribution is -2.25. The van der Waals surface area contributed by atoms with Gasteiger partial charge in [-0.2, -0.15) is 0 Å². The maximum absolute atomic E-state index is 11.5. The molecule has 1 heterocycles. The number of hydrogen-bond donors (Lipinski definition) is 0. The highest BCUT2D eigenvalue weighted by Crippen LogP contribution is 2.36. The van der Waals surface area contributed by atoms with Crippen LogP contribution in [-0.2, 0) is 16.6 Å². The highest BCUT2D eigenvalue weighted by Gasteiger charge is 2.27. The Balaban J connectivity index is 2.52. The predicted octanol–water partition coefficient (Wildman–Crippen LogP) is 2.89. The second kappa shape index (κ2) is 3.62. The van der Waals surface area contributed by atoms with Crippen molar-refractivity contribution < 1.29 is 4.79 Å². The van der Waals surface area contributed by atoms with Crippen LogP contribution in [0.1, 0.15) is 38.8 Å². The molecule has 2 rings (SSSR count). The van der Waals surface area contributed by atoms with Crippen LogP contribution in [0.15, 0.2) is 18.2 Å². The molecule has 0 aromatic heterocycles. The van der Waals surface area contributed by atoms with E-state index in [4.69, 9.17) is 0 Å². The molecule has 1 amide bonds. The van der Waals surface area contributed by atoms with Crippen LogP contribution >= 0.6 is 0 Å². The third-order valence-electron chi connectivity index (χ3n) is 3.22. The summed E-state index contributed by atoms with van der Waals surface area (Å²) in [4.78, 5) is 13.4. The lowest BCUT2D eigenvalue weighted by Gasteiger charge is -2.23. The van der Waals surface area contributed by atoms with Crippen LogP contribution in [0.4, 0.5) is 5.69 Å². The molecule has 1 aromatic carbocycles. The van der Waals surface area contributed by atoms with Crippen LogP contribution in [0.5, 0.6) is 0 Å². The molecule has 86 valence electrons. The van der Waals surface area contributed by atoms with E-state index < -0.39 is 0 Å². The fourth-order valence-electron chi connectivity index (χ4n) is 2.46. The molecular formula is C14H19NO. The van der Waals surface area contributed by atoms with Crippen molar-refractivity contribution >= 4 is 11.6 Å². The van der Waals surface area contributed by atoms with E-state index in [1.165, 1.54) is 11.1 Å². The molecule has 0 atom stereocenters. The van der Waals surface area contributed by atoms with Gasteiger partial charge in [0.25, 0.3) is 0 Å². The monoisotopic (exact) mass is 217 g/mol. The van der Waals surface area contributed by atoms with Gasteiger partial charge in [-0.05, 0) is 29.0 Å². The lowest BCUT2D eigenvalue weighted by atomic mass is 9.83. The van der Waals surface area contributed by atoms with Crippen molar-refractivity contribution in [2.24, 2.45) is 0 Å². The Labute approximate surface area is 97.3 Å². The van der Waals surface area contributed by atoms with Crippen molar-refractivity contribution in [2.75, 3.05) is 11.4 Å². The molecule has 0 spiro atoms. The fourth-order valence-corrected chi connectivity index (χ4v) is 2.46. The van der Waals surface area contributed by atoms with E-state index in [0.29, 0.717) is 0 Å². The minimum atomic E-state index is 0.143. The van der Waals surface area contributed by atoms with Crippen LogP contribution in [0, 0.1) is 0 Å². The fraction of sp³-hybridized carbons (Fsp3) is 0.500. The summed E-state index contributed by atoms with van der Waals surface area (Å²) < 4.78 is 0. The Morgan fingerprint density at radius 2 is 2.00 bits per heavy atom. The van der Waals surface area contributed by atoms with Crippen molar-refractivity contribution in [3.8, 4) is 0 Å². The molecule has 0 N–H and O–H groups in total. The molecule has 2 heteroatoms. The van der Waals surface area contributed by atoms with Gasteiger partial charge in [-0.1, -0.05) is 32.9 Å². The van der Waals surface area contributed by atoms with Gasteiger partial charge >= 0.3 is 0 Å². The third-order valence-corrected chi connectivity index (χ3v) is 3.22. The molecular weight excluding hydrogens is 198 g/mol. The van der Waals surface area contributed by atoms with Crippen LogP contribution in [0.25, 0.3) is 0 Å². The van der Waals surface area contributed by atoms with E-state index in [1.54, 1.807) is 6.92 Å². The van der Waals surface area contributed by atoms with Crippen LogP contribution in [0.2, 0.25) is 0 Å². The van der Waals surface area contributed by atoms with E-state index in [1.807, 2.05) is 4.90 Å². The second-order valence-corrected chi connectivity index (χ2v) is 5.47. The SMILES string of the molecule is CC(=O)N1CCc2c1cccc2C(C)(C)C. The molecule has 1 aromatic rings. The Morgan fingerprint density at radius 1 is 1.31 bits per heavy atom. The molecule has 0 radical (unpaired) electrons. The Kier molecular flexibility index (Phi) is 2.53. The van der Waals surface area contributed by atoms with Gasteiger partial charge in [0, 0.05) is 19.2 Å². The van der Waals surface area contributed by atoms with Gasteiger partial charge in [0.05, 0.1) is 0 Å². The highest BCUT2D eigenvalue weighted by atomic mass is 16.2. The summed E-state index contributed by atoms with van der Waals surface area (Å²) in [5.41, 5.74) is 3.98. The Morgan fingerprint density at radius 3 is 2.56 bits per heavy atom. The first-order valence-electron chi connectivity index (χ1n) is 5.82. The average molecular weight is 217 g/mol. The predicted molar refractivity (Wildman–Crippen MR) is 66.9 cm³/mol. The maximum atomic E-state index is 11.5. The van der Waals surface area contributed by atoms with Gasteiger partial charge in [0.2, 0.25) is 5.91 Å². The quantitative estimate of drug-likeness (QED) is 0.654. The average Bonchev–Trinajstić information content (AvgIpc) is 2.58. The summed E-state index contributed by atoms with van der Waals surface area (Å²) >= 11 is 0. The van der Waals surface area contributed by atoms with E-state index in [0.717, 1.165) is 18.7 Å². The number of nitrogens with zero attached hydrogens (tertiary/aromatic N) is 1. The Bertz CT molecular complexity index is 429. The van der Waals surface area contributed by atoms with E-state index >= 15 is 0 Å². The van der Waals surface area contributed by atoms with E-state index in [9.17, 15) is 4.79 Å². The summed E-state index contributed by atoms with van der Waals surface area (Å²) in [7, 11) is 0. The normalized spacial score (nSPS) is 15.1. The summed E-state index contributed by atoms with van der Waals surface area (Å²) in [5, 5.41) is 0. The van der Waals surface area contributed by atoms with Crippen molar-refractivity contribution in [3.05, 3.63) is 29.3 Å². The largest absolute Gasteiger partial charge is 0.312 e. The molecule has 0 unspecified atom stereocenters. The molecule has 0 fully saturated rings. The molecule has 1 aliphatic heterocycles.